The molecule has 2 aromatic rings. The third-order valence-corrected chi connectivity index (χ3v) is 3.63. The Balaban J connectivity index is 2.21. The first kappa shape index (κ1) is 16.9. The van der Waals surface area contributed by atoms with Crippen LogP contribution in [0.1, 0.15) is 21.5 Å². The number of aromatic hydroxyl groups is 1. The van der Waals surface area contributed by atoms with Gasteiger partial charge >= 0.3 is 0 Å². The van der Waals surface area contributed by atoms with Crippen molar-refractivity contribution in [3.8, 4) is 17.2 Å². The van der Waals surface area contributed by atoms with Crippen molar-refractivity contribution in [2.45, 2.75) is 5.88 Å². The minimum atomic E-state index is -0.188. The Morgan fingerprint density at radius 2 is 1.87 bits per heavy atom. The van der Waals surface area contributed by atoms with Gasteiger partial charge in [0.25, 0.3) is 0 Å². The molecule has 0 atom stereocenters. The summed E-state index contributed by atoms with van der Waals surface area (Å²) in [5.74, 6) is 1.11. The molecule has 0 aromatic heterocycles. The number of benzene rings is 2. The highest BCUT2D eigenvalue weighted by molar-refractivity contribution is 6.17. The summed E-state index contributed by atoms with van der Waals surface area (Å²) in [6.45, 7) is 0. The van der Waals surface area contributed by atoms with Crippen LogP contribution in [0.2, 0.25) is 0 Å². The van der Waals surface area contributed by atoms with E-state index in [0.29, 0.717) is 17.2 Å². The van der Waals surface area contributed by atoms with E-state index in [1.165, 1.54) is 25.3 Å². The van der Waals surface area contributed by atoms with E-state index in [1.807, 2.05) is 18.2 Å². The van der Waals surface area contributed by atoms with Gasteiger partial charge in [0, 0.05) is 11.1 Å². The summed E-state index contributed by atoms with van der Waals surface area (Å²) < 4.78 is 10.2. The van der Waals surface area contributed by atoms with Crippen molar-refractivity contribution in [1.82, 2.24) is 0 Å². The van der Waals surface area contributed by atoms with Gasteiger partial charge < -0.3 is 14.6 Å². The Kier molecular flexibility index (Phi) is 5.66. The van der Waals surface area contributed by atoms with Crippen molar-refractivity contribution in [3.63, 3.8) is 0 Å². The number of carbonyl (C=O) groups excluding carboxylic acids is 1. The fourth-order valence-corrected chi connectivity index (χ4v) is 2.31. The fourth-order valence-electron chi connectivity index (χ4n) is 2.11. The number of ether oxygens (including phenoxy) is 2. The largest absolute Gasteiger partial charge is 0.504 e. The molecule has 0 aliphatic heterocycles. The van der Waals surface area contributed by atoms with Crippen LogP contribution in [0.3, 0.4) is 0 Å². The second kappa shape index (κ2) is 7.70. The molecule has 2 rings (SSSR count). The van der Waals surface area contributed by atoms with Crippen LogP contribution in [0.15, 0.2) is 42.5 Å². The Bertz CT molecular complexity index is 738. The van der Waals surface area contributed by atoms with Crippen molar-refractivity contribution in [2.75, 3.05) is 14.2 Å². The Labute approximate surface area is 139 Å². The number of hydrogen-bond acceptors (Lipinski definition) is 4. The first-order valence-corrected chi connectivity index (χ1v) is 7.44. The lowest BCUT2D eigenvalue weighted by Crippen LogP contribution is -1.95. The minimum Gasteiger partial charge on any atom is -0.504 e. The summed E-state index contributed by atoms with van der Waals surface area (Å²) in [7, 11) is 3.02. The van der Waals surface area contributed by atoms with Crippen LogP contribution in [0.4, 0.5) is 0 Å². The molecule has 0 saturated heterocycles. The molecule has 0 heterocycles. The monoisotopic (exact) mass is 332 g/mol. The summed E-state index contributed by atoms with van der Waals surface area (Å²) in [5.41, 5.74) is 2.14. The lowest BCUT2D eigenvalue weighted by Gasteiger charge is -2.06. The maximum atomic E-state index is 12.2. The highest BCUT2D eigenvalue weighted by Gasteiger charge is 2.08. The number of rotatable bonds is 6. The first-order chi connectivity index (χ1) is 11.1. The molecule has 5 heteroatoms. The maximum Gasteiger partial charge on any atom is 0.185 e. The van der Waals surface area contributed by atoms with E-state index in [-0.39, 0.29) is 17.3 Å². The second-order valence-corrected chi connectivity index (χ2v) is 5.06. The fraction of sp³-hybridized carbons (Fsp3) is 0.167. The topological polar surface area (TPSA) is 55.8 Å². The molecule has 0 fully saturated rings. The molecule has 0 aliphatic rings. The Morgan fingerprint density at radius 3 is 2.52 bits per heavy atom. The zero-order valence-electron chi connectivity index (χ0n) is 12.9. The minimum absolute atomic E-state index is 0.00469. The summed E-state index contributed by atoms with van der Waals surface area (Å²) in [6.07, 6.45) is 3.17. The van der Waals surface area contributed by atoms with Gasteiger partial charge in [0.2, 0.25) is 0 Å². The molecule has 1 N–H and O–H groups in total. The predicted molar refractivity (Wildman–Crippen MR) is 90.6 cm³/mol. The molecule has 23 heavy (non-hydrogen) atoms. The molecule has 0 spiro atoms. The molecule has 120 valence electrons. The lowest BCUT2D eigenvalue weighted by molar-refractivity contribution is 0.104. The third-order valence-electron chi connectivity index (χ3n) is 3.34. The molecule has 0 aliphatic carbocycles. The molecule has 4 nitrogen and oxygen atoms in total. The predicted octanol–water partition coefficient (Wildman–Crippen LogP) is 4.04. The number of halogens is 1. The van der Waals surface area contributed by atoms with Crippen LogP contribution in [-0.4, -0.2) is 25.1 Å². The number of methoxy groups -OCH3 is 2. The molecular formula is C18H17ClO4. The van der Waals surface area contributed by atoms with E-state index < -0.39 is 0 Å². The van der Waals surface area contributed by atoms with Crippen LogP contribution in [-0.2, 0) is 5.88 Å². The normalized spacial score (nSPS) is 10.7. The Hall–Kier alpha value is -2.46. The Morgan fingerprint density at radius 1 is 1.13 bits per heavy atom. The molecule has 0 radical (unpaired) electrons. The standard InChI is InChI=1S/C18H17ClO4/c1-22-17-8-4-12(9-14(17)11-19)3-6-15(20)13-5-7-16(21)18(10-13)23-2/h3-10,21H,11H2,1-2H3/b6-3+. The van der Waals surface area contributed by atoms with Crippen molar-refractivity contribution in [3.05, 3.63) is 59.2 Å². The van der Waals surface area contributed by atoms with E-state index in [1.54, 1.807) is 19.3 Å². The molecular weight excluding hydrogens is 316 g/mol. The summed E-state index contributed by atoms with van der Waals surface area (Å²) in [5, 5.41) is 9.55. The number of phenols is 1. The zero-order valence-corrected chi connectivity index (χ0v) is 13.6. The van der Waals surface area contributed by atoms with Crippen LogP contribution >= 0.6 is 11.6 Å². The van der Waals surface area contributed by atoms with Crippen LogP contribution in [0, 0.1) is 0 Å². The van der Waals surface area contributed by atoms with Crippen LogP contribution in [0.5, 0.6) is 17.2 Å². The van der Waals surface area contributed by atoms with E-state index in [0.717, 1.165) is 11.1 Å². The number of carbonyl (C=O) groups is 1. The van der Waals surface area contributed by atoms with Crippen molar-refractivity contribution < 1.29 is 19.4 Å². The molecule has 0 unspecified atom stereocenters. The highest BCUT2D eigenvalue weighted by atomic mass is 35.5. The summed E-state index contributed by atoms with van der Waals surface area (Å²) >= 11 is 5.88. The number of ketones is 1. The second-order valence-electron chi connectivity index (χ2n) is 4.79. The van der Waals surface area contributed by atoms with Gasteiger partial charge in [-0.2, -0.15) is 0 Å². The third kappa shape index (κ3) is 4.05. The number of hydrogen-bond donors (Lipinski definition) is 1. The average molecular weight is 333 g/mol. The van der Waals surface area contributed by atoms with Crippen molar-refractivity contribution >= 4 is 23.5 Å². The van der Waals surface area contributed by atoms with Crippen LogP contribution in [0.25, 0.3) is 6.08 Å². The molecule has 2 aromatic carbocycles. The van der Waals surface area contributed by atoms with Gasteiger partial charge in [0.05, 0.1) is 20.1 Å². The van der Waals surface area contributed by atoms with Gasteiger partial charge in [-0.15, -0.1) is 11.6 Å². The molecule has 0 amide bonds. The van der Waals surface area contributed by atoms with Gasteiger partial charge in [0.15, 0.2) is 17.3 Å². The number of phenolic OH excluding ortho intramolecular Hbond substituents is 1. The number of alkyl halides is 1. The van der Waals surface area contributed by atoms with Crippen LogP contribution < -0.4 is 9.47 Å². The summed E-state index contributed by atoms with van der Waals surface area (Å²) in [4.78, 5) is 12.2. The number of allylic oxidation sites excluding steroid dienone is 1. The van der Waals surface area contributed by atoms with Crippen molar-refractivity contribution in [2.24, 2.45) is 0 Å². The lowest BCUT2D eigenvalue weighted by atomic mass is 10.1. The summed E-state index contributed by atoms with van der Waals surface area (Å²) in [6, 6.07) is 10.00. The van der Waals surface area contributed by atoms with Gasteiger partial charge in [0.1, 0.15) is 5.75 Å². The van der Waals surface area contributed by atoms with E-state index in [9.17, 15) is 9.90 Å². The van der Waals surface area contributed by atoms with Gasteiger partial charge in [-0.05, 0) is 42.0 Å². The van der Waals surface area contributed by atoms with Gasteiger partial charge in [-0.3, -0.25) is 4.79 Å². The van der Waals surface area contributed by atoms with Crippen molar-refractivity contribution in [1.29, 1.82) is 0 Å². The van der Waals surface area contributed by atoms with Gasteiger partial charge in [-0.1, -0.05) is 12.1 Å². The highest BCUT2D eigenvalue weighted by Crippen LogP contribution is 2.27. The molecule has 0 saturated carbocycles. The average Bonchev–Trinajstić information content (AvgIpc) is 2.59. The molecule has 0 bridgehead atoms. The SMILES string of the molecule is COc1cc(C(=O)/C=C/c2ccc(OC)c(CCl)c2)ccc1O. The first-order valence-electron chi connectivity index (χ1n) is 6.91. The van der Waals surface area contributed by atoms with Gasteiger partial charge in [-0.25, -0.2) is 0 Å². The zero-order chi connectivity index (χ0) is 16.8. The van der Waals surface area contributed by atoms with E-state index in [4.69, 9.17) is 21.1 Å². The smallest absolute Gasteiger partial charge is 0.185 e. The van der Waals surface area contributed by atoms with E-state index in [2.05, 4.69) is 0 Å². The maximum absolute atomic E-state index is 12.2. The quantitative estimate of drug-likeness (QED) is 0.492. The van der Waals surface area contributed by atoms with E-state index >= 15 is 0 Å².